The zero-order valence-corrected chi connectivity index (χ0v) is 12.5. The first-order valence-electron chi connectivity index (χ1n) is 6.31. The first-order chi connectivity index (χ1) is 10.0. The molecule has 0 spiro atoms. The fourth-order valence-corrected chi connectivity index (χ4v) is 2.58. The molecule has 21 heavy (non-hydrogen) atoms. The van der Waals surface area contributed by atoms with E-state index < -0.39 is 0 Å². The molecular weight excluding hydrogens is 311 g/mol. The quantitative estimate of drug-likeness (QED) is 0.861. The number of hydrogen-bond donors (Lipinski definition) is 1. The van der Waals surface area contributed by atoms with E-state index in [0.717, 1.165) is 5.56 Å². The van der Waals surface area contributed by atoms with Crippen LogP contribution in [0.3, 0.4) is 0 Å². The summed E-state index contributed by atoms with van der Waals surface area (Å²) in [5.74, 6) is 0.491. The number of fused-ring (bicyclic) bond motifs is 1. The van der Waals surface area contributed by atoms with Crippen molar-refractivity contribution in [1.29, 1.82) is 0 Å². The van der Waals surface area contributed by atoms with Crippen LogP contribution in [0.5, 0.6) is 5.75 Å². The lowest BCUT2D eigenvalue weighted by Gasteiger charge is -2.30. The molecule has 1 amide bonds. The molecule has 0 unspecified atom stereocenters. The van der Waals surface area contributed by atoms with Gasteiger partial charge in [0.15, 0.2) is 6.61 Å². The molecule has 0 atom stereocenters. The van der Waals surface area contributed by atoms with Crippen LogP contribution >= 0.6 is 23.2 Å². The van der Waals surface area contributed by atoms with Crippen molar-refractivity contribution in [3.8, 4) is 5.75 Å². The maximum Gasteiger partial charge on any atom is 0.265 e. The van der Waals surface area contributed by atoms with Crippen molar-refractivity contribution in [2.45, 2.75) is 6.54 Å². The molecule has 1 heterocycles. The third-order valence-electron chi connectivity index (χ3n) is 3.30. The number of carbonyl (C=O) groups is 1. The molecule has 0 aliphatic carbocycles. The second kappa shape index (κ2) is 5.47. The largest absolute Gasteiger partial charge is 0.482 e. The topological polar surface area (TPSA) is 55.6 Å². The van der Waals surface area contributed by atoms with Crippen LogP contribution in [-0.2, 0) is 11.3 Å². The molecule has 1 aliphatic rings. The van der Waals surface area contributed by atoms with Crippen LogP contribution < -0.4 is 15.4 Å². The van der Waals surface area contributed by atoms with Gasteiger partial charge in [0.1, 0.15) is 5.75 Å². The fourth-order valence-electron chi connectivity index (χ4n) is 2.23. The predicted octanol–water partition coefficient (Wildman–Crippen LogP) is 3.50. The van der Waals surface area contributed by atoms with Gasteiger partial charge in [0.25, 0.3) is 5.91 Å². The summed E-state index contributed by atoms with van der Waals surface area (Å²) >= 11 is 11.9. The van der Waals surface area contributed by atoms with Gasteiger partial charge in [-0.25, -0.2) is 0 Å². The van der Waals surface area contributed by atoms with E-state index in [2.05, 4.69) is 0 Å². The molecule has 2 N–H and O–H groups in total. The highest BCUT2D eigenvalue weighted by Crippen LogP contribution is 2.35. The Morgan fingerprint density at radius 3 is 2.62 bits per heavy atom. The van der Waals surface area contributed by atoms with Crippen LogP contribution in [0.25, 0.3) is 0 Å². The molecule has 2 aromatic rings. The minimum Gasteiger partial charge on any atom is -0.482 e. The molecule has 4 nitrogen and oxygen atoms in total. The molecule has 0 aromatic heterocycles. The van der Waals surface area contributed by atoms with Gasteiger partial charge >= 0.3 is 0 Å². The lowest BCUT2D eigenvalue weighted by atomic mass is 10.1. The molecule has 6 heteroatoms. The molecule has 0 fully saturated rings. The van der Waals surface area contributed by atoms with Gasteiger partial charge in [0.2, 0.25) is 0 Å². The maximum atomic E-state index is 12.1. The number of amides is 1. The third-order valence-corrected chi connectivity index (χ3v) is 3.77. The zero-order valence-electron chi connectivity index (χ0n) is 11.0. The number of nitrogen functional groups attached to an aromatic ring is 1. The summed E-state index contributed by atoms with van der Waals surface area (Å²) in [6.07, 6.45) is 0. The molecule has 0 bridgehead atoms. The molecule has 108 valence electrons. The SMILES string of the molecule is Nc1cc(Cl)ccc1CN1C(=O)COc2ccc(Cl)cc21. The smallest absolute Gasteiger partial charge is 0.265 e. The summed E-state index contributed by atoms with van der Waals surface area (Å²) in [5.41, 5.74) is 7.97. The summed E-state index contributed by atoms with van der Waals surface area (Å²) in [6, 6.07) is 10.4. The number of rotatable bonds is 2. The Kier molecular flexibility index (Phi) is 3.66. The van der Waals surface area contributed by atoms with E-state index in [9.17, 15) is 4.79 Å². The summed E-state index contributed by atoms with van der Waals surface area (Å²) in [7, 11) is 0. The molecule has 0 saturated carbocycles. The first kappa shape index (κ1) is 14.0. The van der Waals surface area contributed by atoms with Crippen molar-refractivity contribution < 1.29 is 9.53 Å². The van der Waals surface area contributed by atoms with E-state index in [1.54, 1.807) is 35.2 Å². The Labute approximate surface area is 132 Å². The second-order valence-electron chi connectivity index (χ2n) is 4.72. The normalized spacial score (nSPS) is 13.8. The fraction of sp³-hybridized carbons (Fsp3) is 0.133. The number of halogens is 2. The Morgan fingerprint density at radius 1 is 1.14 bits per heavy atom. The van der Waals surface area contributed by atoms with Crippen molar-refractivity contribution in [1.82, 2.24) is 0 Å². The monoisotopic (exact) mass is 322 g/mol. The van der Waals surface area contributed by atoms with E-state index in [4.69, 9.17) is 33.7 Å². The lowest BCUT2D eigenvalue weighted by Crippen LogP contribution is -2.38. The van der Waals surface area contributed by atoms with Gasteiger partial charge < -0.3 is 15.4 Å². The number of nitrogens with two attached hydrogens (primary N) is 1. The van der Waals surface area contributed by atoms with Crippen molar-refractivity contribution in [3.05, 3.63) is 52.0 Å². The highest BCUT2D eigenvalue weighted by Gasteiger charge is 2.26. The van der Waals surface area contributed by atoms with Crippen molar-refractivity contribution in [2.24, 2.45) is 0 Å². The zero-order chi connectivity index (χ0) is 15.0. The van der Waals surface area contributed by atoms with Gasteiger partial charge in [-0.1, -0.05) is 29.3 Å². The summed E-state index contributed by atoms with van der Waals surface area (Å²) in [5, 5.41) is 1.11. The van der Waals surface area contributed by atoms with E-state index in [1.807, 2.05) is 6.07 Å². The predicted molar refractivity (Wildman–Crippen MR) is 84.0 cm³/mol. The molecule has 1 aliphatic heterocycles. The number of nitrogens with zero attached hydrogens (tertiary/aromatic N) is 1. The van der Waals surface area contributed by atoms with Gasteiger partial charge in [0, 0.05) is 15.7 Å². The van der Waals surface area contributed by atoms with Gasteiger partial charge in [0.05, 0.1) is 12.2 Å². The average Bonchev–Trinajstić information content (AvgIpc) is 2.44. The summed E-state index contributed by atoms with van der Waals surface area (Å²) in [4.78, 5) is 13.8. The number of benzene rings is 2. The van der Waals surface area contributed by atoms with Crippen LogP contribution in [0.4, 0.5) is 11.4 Å². The number of anilines is 2. The van der Waals surface area contributed by atoms with Crippen molar-refractivity contribution in [3.63, 3.8) is 0 Å². The number of carbonyl (C=O) groups excluding carboxylic acids is 1. The molecule has 0 saturated heterocycles. The Morgan fingerprint density at radius 2 is 1.86 bits per heavy atom. The maximum absolute atomic E-state index is 12.1. The van der Waals surface area contributed by atoms with Gasteiger partial charge in [-0.15, -0.1) is 0 Å². The Hall–Kier alpha value is -1.91. The highest BCUT2D eigenvalue weighted by molar-refractivity contribution is 6.31. The lowest BCUT2D eigenvalue weighted by molar-refractivity contribution is -0.121. The van der Waals surface area contributed by atoms with Crippen molar-refractivity contribution >= 4 is 40.5 Å². The molecule has 2 aromatic carbocycles. The van der Waals surface area contributed by atoms with Gasteiger partial charge in [-0.05, 0) is 35.9 Å². The third kappa shape index (κ3) is 2.77. The van der Waals surface area contributed by atoms with E-state index >= 15 is 0 Å². The number of ether oxygens (including phenoxy) is 1. The van der Waals surface area contributed by atoms with Crippen LogP contribution in [0, 0.1) is 0 Å². The van der Waals surface area contributed by atoms with E-state index in [1.165, 1.54) is 0 Å². The van der Waals surface area contributed by atoms with E-state index in [-0.39, 0.29) is 12.5 Å². The Bertz CT molecular complexity index is 719. The van der Waals surface area contributed by atoms with Crippen molar-refractivity contribution in [2.75, 3.05) is 17.2 Å². The Balaban J connectivity index is 1.98. The van der Waals surface area contributed by atoms with Gasteiger partial charge in [-0.3, -0.25) is 4.79 Å². The van der Waals surface area contributed by atoms with Crippen LogP contribution in [-0.4, -0.2) is 12.5 Å². The first-order valence-corrected chi connectivity index (χ1v) is 7.07. The van der Waals surface area contributed by atoms with Gasteiger partial charge in [-0.2, -0.15) is 0 Å². The van der Waals surface area contributed by atoms with Crippen LogP contribution in [0.1, 0.15) is 5.56 Å². The van der Waals surface area contributed by atoms with E-state index in [0.29, 0.717) is 33.7 Å². The number of hydrogen-bond acceptors (Lipinski definition) is 3. The van der Waals surface area contributed by atoms with Crippen LogP contribution in [0.2, 0.25) is 10.0 Å². The standard InChI is InChI=1S/C15H12Cl2N2O2/c16-10-2-1-9(12(18)5-10)7-19-13-6-11(17)3-4-14(13)21-8-15(19)20/h1-6H,7-8,18H2. The summed E-state index contributed by atoms with van der Waals surface area (Å²) < 4.78 is 5.41. The second-order valence-corrected chi connectivity index (χ2v) is 5.60. The molecule has 3 rings (SSSR count). The average molecular weight is 323 g/mol. The highest BCUT2D eigenvalue weighted by atomic mass is 35.5. The minimum atomic E-state index is -0.140. The molecule has 0 radical (unpaired) electrons. The molecular formula is C15H12Cl2N2O2. The summed E-state index contributed by atoms with van der Waals surface area (Å²) in [6.45, 7) is 0.348. The minimum absolute atomic E-state index is 0.00211. The van der Waals surface area contributed by atoms with Crippen LogP contribution in [0.15, 0.2) is 36.4 Å².